The number of sulfonamides is 1. The molecular formula is C14H22N2O3S2. The molecule has 0 radical (unpaired) electrons. The van der Waals surface area contributed by atoms with Gasteiger partial charge in [0.25, 0.3) is 0 Å². The summed E-state index contributed by atoms with van der Waals surface area (Å²) in [6, 6.07) is 3.26. The molecule has 5 nitrogen and oxygen atoms in total. The van der Waals surface area contributed by atoms with Crippen molar-refractivity contribution in [3.63, 3.8) is 0 Å². The maximum atomic E-state index is 12.0. The molecule has 1 amide bonds. The van der Waals surface area contributed by atoms with Crippen LogP contribution in [0.3, 0.4) is 0 Å². The molecule has 0 spiro atoms. The highest BCUT2D eigenvalue weighted by molar-refractivity contribution is 7.91. The molecule has 0 atom stereocenters. The minimum absolute atomic E-state index is 0.130. The first kappa shape index (κ1) is 16.5. The zero-order valence-corrected chi connectivity index (χ0v) is 13.8. The molecular weight excluding hydrogens is 308 g/mol. The Bertz CT molecular complexity index is 587. The first-order chi connectivity index (χ1) is 9.86. The predicted molar refractivity (Wildman–Crippen MR) is 83.5 cm³/mol. The highest BCUT2D eigenvalue weighted by atomic mass is 32.2. The molecule has 118 valence electrons. The standard InChI is InChI=1S/C14H22N2O3S2/c1-10-2-4-11(5-3-10)14(17)16-9-8-12-6-7-13(20-12)21(15,18)19/h6-7,10-11H,2-5,8-9H2,1H3,(H,16,17)(H2,15,18,19). The van der Waals surface area contributed by atoms with Crippen molar-refractivity contribution in [2.24, 2.45) is 17.0 Å². The van der Waals surface area contributed by atoms with E-state index in [1.165, 1.54) is 6.07 Å². The van der Waals surface area contributed by atoms with Gasteiger partial charge in [-0.2, -0.15) is 0 Å². The van der Waals surface area contributed by atoms with Crippen LogP contribution < -0.4 is 10.5 Å². The van der Waals surface area contributed by atoms with Crippen molar-refractivity contribution in [3.05, 3.63) is 17.0 Å². The van der Waals surface area contributed by atoms with Crippen LogP contribution in [0.15, 0.2) is 16.3 Å². The summed E-state index contributed by atoms with van der Waals surface area (Å²) < 4.78 is 22.5. The first-order valence-corrected chi connectivity index (χ1v) is 9.62. The third-order valence-electron chi connectivity index (χ3n) is 3.97. The van der Waals surface area contributed by atoms with E-state index < -0.39 is 10.0 Å². The number of carbonyl (C=O) groups is 1. The van der Waals surface area contributed by atoms with Gasteiger partial charge < -0.3 is 5.32 Å². The van der Waals surface area contributed by atoms with Gasteiger partial charge in [-0.1, -0.05) is 6.92 Å². The van der Waals surface area contributed by atoms with Crippen LogP contribution in [0.2, 0.25) is 0 Å². The second-order valence-electron chi connectivity index (χ2n) is 5.76. The van der Waals surface area contributed by atoms with E-state index in [1.807, 2.05) is 0 Å². The van der Waals surface area contributed by atoms with Crippen LogP contribution in [0.5, 0.6) is 0 Å². The van der Waals surface area contributed by atoms with Crippen LogP contribution >= 0.6 is 11.3 Å². The normalized spacial score (nSPS) is 23.0. The summed E-state index contributed by atoms with van der Waals surface area (Å²) in [7, 11) is -3.61. The molecule has 1 aliphatic carbocycles. The maximum Gasteiger partial charge on any atom is 0.247 e. The molecule has 7 heteroatoms. The average Bonchev–Trinajstić information content (AvgIpc) is 2.88. The third-order valence-corrected chi connectivity index (χ3v) is 6.56. The van der Waals surface area contributed by atoms with Crippen LogP contribution in [0.1, 0.15) is 37.5 Å². The fourth-order valence-corrected chi connectivity index (χ4v) is 4.40. The second kappa shape index (κ2) is 6.89. The van der Waals surface area contributed by atoms with Crippen LogP contribution in [-0.4, -0.2) is 20.9 Å². The number of nitrogens with one attached hydrogen (secondary N) is 1. The molecule has 1 aromatic rings. The minimum atomic E-state index is -3.61. The molecule has 0 saturated heterocycles. The van der Waals surface area contributed by atoms with Crippen LogP contribution in [0.4, 0.5) is 0 Å². The Hall–Kier alpha value is -0.920. The van der Waals surface area contributed by atoms with Gasteiger partial charge in [-0.15, -0.1) is 11.3 Å². The van der Waals surface area contributed by atoms with Gasteiger partial charge in [0.15, 0.2) is 0 Å². The number of thiophene rings is 1. The summed E-state index contributed by atoms with van der Waals surface area (Å²) in [5.74, 6) is 1.01. The molecule has 1 aromatic heterocycles. The van der Waals surface area contributed by atoms with E-state index in [1.54, 1.807) is 6.07 Å². The Kier molecular flexibility index (Phi) is 5.40. The summed E-state index contributed by atoms with van der Waals surface area (Å²) in [5, 5.41) is 8.02. The zero-order chi connectivity index (χ0) is 15.5. The lowest BCUT2D eigenvalue weighted by atomic mass is 9.82. The highest BCUT2D eigenvalue weighted by Gasteiger charge is 2.23. The Labute approximate surface area is 130 Å². The summed E-state index contributed by atoms with van der Waals surface area (Å²) >= 11 is 1.16. The summed E-state index contributed by atoms with van der Waals surface area (Å²) in [4.78, 5) is 12.9. The van der Waals surface area contributed by atoms with Crippen molar-refractivity contribution in [1.29, 1.82) is 0 Å². The molecule has 0 unspecified atom stereocenters. The molecule has 0 aliphatic heterocycles. The van der Waals surface area contributed by atoms with Crippen molar-refractivity contribution < 1.29 is 13.2 Å². The number of carbonyl (C=O) groups excluding carboxylic acids is 1. The number of primary sulfonamides is 1. The van der Waals surface area contributed by atoms with Crippen molar-refractivity contribution in [2.75, 3.05) is 6.54 Å². The first-order valence-electron chi connectivity index (χ1n) is 7.25. The van der Waals surface area contributed by atoms with Crippen LogP contribution in [0.25, 0.3) is 0 Å². The van der Waals surface area contributed by atoms with E-state index in [-0.39, 0.29) is 16.0 Å². The molecule has 3 N–H and O–H groups in total. The van der Waals surface area contributed by atoms with Gasteiger partial charge in [0.2, 0.25) is 15.9 Å². The van der Waals surface area contributed by atoms with Gasteiger partial charge in [0, 0.05) is 17.3 Å². The van der Waals surface area contributed by atoms with Crippen molar-refractivity contribution in [3.8, 4) is 0 Å². The number of hydrogen-bond donors (Lipinski definition) is 2. The summed E-state index contributed by atoms with van der Waals surface area (Å²) in [5.41, 5.74) is 0. The molecule has 1 saturated carbocycles. The largest absolute Gasteiger partial charge is 0.356 e. The summed E-state index contributed by atoms with van der Waals surface area (Å²) in [6.45, 7) is 2.77. The molecule has 1 aliphatic rings. The maximum absolute atomic E-state index is 12.0. The predicted octanol–water partition coefficient (Wildman–Crippen LogP) is 1.88. The summed E-state index contributed by atoms with van der Waals surface area (Å²) in [6.07, 6.45) is 4.83. The van der Waals surface area contributed by atoms with E-state index in [4.69, 9.17) is 5.14 Å². The molecule has 1 fully saturated rings. The van der Waals surface area contributed by atoms with Gasteiger partial charge in [-0.05, 0) is 50.2 Å². The van der Waals surface area contributed by atoms with E-state index in [0.717, 1.165) is 47.8 Å². The lowest BCUT2D eigenvalue weighted by Crippen LogP contribution is -2.34. The molecule has 2 rings (SSSR count). The van der Waals surface area contributed by atoms with Gasteiger partial charge >= 0.3 is 0 Å². The zero-order valence-electron chi connectivity index (χ0n) is 12.2. The van der Waals surface area contributed by atoms with Gasteiger partial charge in [-0.3, -0.25) is 4.79 Å². The number of amides is 1. The van der Waals surface area contributed by atoms with E-state index in [9.17, 15) is 13.2 Å². The third kappa shape index (κ3) is 4.79. The number of nitrogens with two attached hydrogens (primary N) is 1. The van der Waals surface area contributed by atoms with Gasteiger partial charge in [0.05, 0.1) is 0 Å². The molecule has 1 heterocycles. The van der Waals surface area contributed by atoms with E-state index in [2.05, 4.69) is 12.2 Å². The quantitative estimate of drug-likeness (QED) is 0.864. The number of hydrogen-bond acceptors (Lipinski definition) is 4. The lowest BCUT2D eigenvalue weighted by Gasteiger charge is -2.25. The monoisotopic (exact) mass is 330 g/mol. The van der Waals surface area contributed by atoms with Gasteiger partial charge in [-0.25, -0.2) is 13.6 Å². The minimum Gasteiger partial charge on any atom is -0.356 e. The Balaban J connectivity index is 1.76. The smallest absolute Gasteiger partial charge is 0.247 e. The SMILES string of the molecule is CC1CCC(C(=O)NCCc2ccc(S(N)(=O)=O)s2)CC1. The van der Waals surface area contributed by atoms with Gasteiger partial charge in [0.1, 0.15) is 4.21 Å². The van der Waals surface area contributed by atoms with E-state index in [0.29, 0.717) is 13.0 Å². The topological polar surface area (TPSA) is 89.3 Å². The Morgan fingerprint density at radius 3 is 2.57 bits per heavy atom. The highest BCUT2D eigenvalue weighted by Crippen LogP contribution is 2.28. The average molecular weight is 330 g/mol. The van der Waals surface area contributed by atoms with Crippen LogP contribution in [0, 0.1) is 11.8 Å². The van der Waals surface area contributed by atoms with E-state index >= 15 is 0 Å². The molecule has 0 bridgehead atoms. The Morgan fingerprint density at radius 2 is 2.00 bits per heavy atom. The molecule has 21 heavy (non-hydrogen) atoms. The fraction of sp³-hybridized carbons (Fsp3) is 0.643. The number of rotatable bonds is 5. The molecule has 0 aromatic carbocycles. The lowest BCUT2D eigenvalue weighted by molar-refractivity contribution is -0.126. The van der Waals surface area contributed by atoms with Crippen LogP contribution in [-0.2, 0) is 21.2 Å². The fourth-order valence-electron chi connectivity index (χ4n) is 2.62. The van der Waals surface area contributed by atoms with Crippen molar-refractivity contribution >= 4 is 27.3 Å². The van der Waals surface area contributed by atoms with Crippen molar-refractivity contribution in [2.45, 2.75) is 43.2 Å². The second-order valence-corrected chi connectivity index (χ2v) is 8.72. The van der Waals surface area contributed by atoms with Crippen molar-refractivity contribution in [1.82, 2.24) is 5.32 Å². The Morgan fingerprint density at radius 1 is 1.33 bits per heavy atom.